The maximum Gasteiger partial charge on any atom is 0.180 e. The zero-order valence-electron chi connectivity index (χ0n) is 9.01. The van der Waals surface area contributed by atoms with Crippen molar-refractivity contribution in [3.05, 3.63) is 35.2 Å². The van der Waals surface area contributed by atoms with Gasteiger partial charge < -0.3 is 5.21 Å². The average molecular weight is 114 g/mol. The van der Waals surface area contributed by atoms with Gasteiger partial charge in [0.2, 0.25) is 0 Å². The van der Waals surface area contributed by atoms with Gasteiger partial charge in [0.25, 0.3) is 0 Å². The fourth-order valence-corrected chi connectivity index (χ4v) is 0.335. The van der Waals surface area contributed by atoms with Crippen LogP contribution < -0.4 is 4.73 Å². The summed E-state index contributed by atoms with van der Waals surface area (Å²) in [5.74, 6) is 0. The van der Waals surface area contributed by atoms with Crippen LogP contribution in [0.2, 0.25) is 0 Å². The summed E-state index contributed by atoms with van der Waals surface area (Å²) in [6.45, 7) is -2.38. The van der Waals surface area contributed by atoms with Gasteiger partial charge in [-0.05, 0) is 12.4 Å². The number of rotatable bonds is 0. The molecule has 1 aromatic heterocycles. The Kier molecular flexibility index (Phi) is 0.392. The average Bonchev–Trinajstić information content (AvgIpc) is 1.97. The zero-order valence-corrected chi connectivity index (χ0v) is 4.01. The molecular weight excluding hydrogens is 102 g/mol. The molecule has 0 saturated heterocycles. The molecule has 0 amide bonds. The molecule has 1 aromatic rings. The Morgan fingerprint density at radius 2 is 2.38 bits per heavy atom. The third-order valence-corrected chi connectivity index (χ3v) is 0.675. The van der Waals surface area contributed by atoms with E-state index < -0.39 is 19.2 Å². The first kappa shape index (κ1) is 1.72. The molecule has 0 N–H and O–H groups in total. The van der Waals surface area contributed by atoms with Crippen molar-refractivity contribution in [3.63, 3.8) is 0 Å². The molecule has 0 radical (unpaired) electrons. The second-order valence-electron chi connectivity index (χ2n) is 1.30. The standard InChI is InChI=1S/C6H7NO/c1-6-2-4-7(8)5-3-6/h2-5H,1H3/i1D3,4D,5D. The summed E-state index contributed by atoms with van der Waals surface area (Å²) in [6.07, 6.45) is -1.06. The number of nitrogens with zero attached hydrogens (tertiary/aromatic N) is 1. The molecule has 0 aromatic carbocycles. The molecule has 0 atom stereocenters. The lowest BCUT2D eigenvalue weighted by atomic mass is 10.3. The van der Waals surface area contributed by atoms with Crippen molar-refractivity contribution in [2.24, 2.45) is 0 Å². The summed E-state index contributed by atoms with van der Waals surface area (Å²) in [6, 6.07) is 1.88. The predicted molar refractivity (Wildman–Crippen MR) is 30.1 cm³/mol. The number of aryl methyl sites for hydroxylation is 1. The van der Waals surface area contributed by atoms with Crippen molar-refractivity contribution in [2.45, 2.75) is 6.85 Å². The van der Waals surface area contributed by atoms with E-state index in [1.807, 2.05) is 0 Å². The summed E-state index contributed by atoms with van der Waals surface area (Å²) in [7, 11) is 0. The van der Waals surface area contributed by atoms with Gasteiger partial charge >= 0.3 is 0 Å². The van der Waals surface area contributed by atoms with Crippen LogP contribution >= 0.6 is 0 Å². The Morgan fingerprint density at radius 3 is 2.88 bits per heavy atom. The highest BCUT2D eigenvalue weighted by molar-refractivity contribution is 5.03. The van der Waals surface area contributed by atoms with E-state index in [4.69, 9.17) is 6.85 Å². The largest absolute Gasteiger partial charge is 0.619 e. The van der Waals surface area contributed by atoms with Crippen molar-refractivity contribution in [2.75, 3.05) is 0 Å². The Balaban J connectivity index is 3.29. The smallest absolute Gasteiger partial charge is 0.180 e. The first-order valence-corrected chi connectivity index (χ1v) is 2.03. The molecule has 1 heterocycles. The van der Waals surface area contributed by atoms with Gasteiger partial charge in [-0.1, -0.05) is 0 Å². The highest BCUT2D eigenvalue weighted by Gasteiger charge is 1.83. The van der Waals surface area contributed by atoms with Crippen LogP contribution in [0.3, 0.4) is 0 Å². The van der Waals surface area contributed by atoms with Gasteiger partial charge in [0.05, 0.1) is 0 Å². The molecule has 0 bridgehead atoms. The summed E-state index contributed by atoms with van der Waals surface area (Å²) >= 11 is 0. The van der Waals surface area contributed by atoms with Gasteiger partial charge in [0.15, 0.2) is 12.3 Å². The zero-order chi connectivity index (χ0) is 10.2. The highest BCUT2D eigenvalue weighted by Crippen LogP contribution is 1.87. The summed E-state index contributed by atoms with van der Waals surface area (Å²) < 4.78 is 35.2. The molecular formula is C6H7NO. The van der Waals surface area contributed by atoms with Crippen LogP contribution in [-0.2, 0) is 0 Å². The van der Waals surface area contributed by atoms with E-state index in [-0.39, 0.29) is 10.3 Å². The topological polar surface area (TPSA) is 26.9 Å². The van der Waals surface area contributed by atoms with Gasteiger partial charge in [-0.15, -0.1) is 0 Å². The minimum Gasteiger partial charge on any atom is -0.619 e. The highest BCUT2D eigenvalue weighted by atomic mass is 16.5. The van der Waals surface area contributed by atoms with Crippen molar-refractivity contribution in [3.8, 4) is 0 Å². The van der Waals surface area contributed by atoms with Crippen LogP contribution in [0.25, 0.3) is 0 Å². The molecule has 8 heavy (non-hydrogen) atoms. The van der Waals surface area contributed by atoms with Crippen LogP contribution in [-0.4, -0.2) is 0 Å². The van der Waals surface area contributed by atoms with Gasteiger partial charge in [-0.2, -0.15) is 4.73 Å². The van der Waals surface area contributed by atoms with Crippen molar-refractivity contribution in [1.29, 1.82) is 0 Å². The third kappa shape index (κ3) is 0.964. The first-order chi connectivity index (χ1) is 5.82. The number of aromatic nitrogens is 1. The van der Waals surface area contributed by atoms with Crippen LogP contribution in [0.4, 0.5) is 0 Å². The molecule has 0 fully saturated rings. The number of pyridine rings is 1. The fourth-order valence-electron chi connectivity index (χ4n) is 0.335. The Hall–Kier alpha value is -1.05. The third-order valence-electron chi connectivity index (χ3n) is 0.675. The second-order valence-corrected chi connectivity index (χ2v) is 1.30. The van der Waals surface area contributed by atoms with E-state index >= 15 is 0 Å². The van der Waals surface area contributed by atoms with Crippen molar-refractivity contribution < 1.29 is 11.6 Å². The van der Waals surface area contributed by atoms with Crippen LogP contribution in [0, 0.1) is 12.1 Å². The quantitative estimate of drug-likeness (QED) is 0.359. The second kappa shape index (κ2) is 1.82. The predicted octanol–water partition coefficient (Wildman–Crippen LogP) is 0.628. The SMILES string of the molecule is [2H]c1cc(C([2H])([2H])[2H])cc([2H])[n+]1[O-]. The molecule has 0 unspecified atom stereocenters. The van der Waals surface area contributed by atoms with Crippen LogP contribution in [0.1, 0.15) is 12.4 Å². The Bertz CT molecular complexity index is 311. The number of hydrogen-bond acceptors (Lipinski definition) is 1. The van der Waals surface area contributed by atoms with Crippen LogP contribution in [0.5, 0.6) is 0 Å². The molecule has 0 aliphatic carbocycles. The molecule has 0 saturated carbocycles. The normalized spacial score (nSPS) is 19.8. The lowest BCUT2D eigenvalue weighted by Gasteiger charge is -1.92. The van der Waals surface area contributed by atoms with Crippen molar-refractivity contribution >= 4 is 0 Å². The van der Waals surface area contributed by atoms with Gasteiger partial charge in [-0.3, -0.25) is 0 Å². The molecule has 2 nitrogen and oxygen atoms in total. The molecule has 2 heteroatoms. The van der Waals surface area contributed by atoms with E-state index in [0.717, 1.165) is 12.1 Å². The molecule has 1 rings (SSSR count). The minimum absolute atomic E-state index is 0.0508. The number of hydrogen-bond donors (Lipinski definition) is 0. The van der Waals surface area contributed by atoms with Crippen LogP contribution in [0.15, 0.2) is 24.5 Å². The first-order valence-electron chi connectivity index (χ1n) is 4.53. The molecule has 42 valence electrons. The molecule has 0 spiro atoms. The summed E-state index contributed by atoms with van der Waals surface area (Å²) in [5, 5.41) is 10.8. The minimum atomic E-state index is -2.38. The van der Waals surface area contributed by atoms with Gasteiger partial charge in [-0.25, -0.2) is 0 Å². The fraction of sp³-hybridized carbons (Fsp3) is 0.167. The lowest BCUT2D eigenvalue weighted by molar-refractivity contribution is -0.605. The van der Waals surface area contributed by atoms with E-state index in [9.17, 15) is 5.21 Å². The molecule has 0 aliphatic heterocycles. The summed E-state index contributed by atoms with van der Waals surface area (Å²) in [4.78, 5) is 0. The monoisotopic (exact) mass is 114 g/mol. The lowest BCUT2D eigenvalue weighted by Crippen LogP contribution is -2.23. The molecule has 0 aliphatic rings. The maximum atomic E-state index is 10.8. The van der Waals surface area contributed by atoms with E-state index in [0.29, 0.717) is 0 Å². The van der Waals surface area contributed by atoms with E-state index in [2.05, 4.69) is 0 Å². The van der Waals surface area contributed by atoms with Crippen molar-refractivity contribution in [1.82, 2.24) is 0 Å². The summed E-state index contributed by atoms with van der Waals surface area (Å²) in [5.41, 5.74) is -0.158. The van der Waals surface area contributed by atoms with E-state index in [1.165, 1.54) is 0 Å². The Labute approximate surface area is 55.0 Å². The maximum absolute atomic E-state index is 10.8. The van der Waals surface area contributed by atoms with Gasteiger partial charge in [0.1, 0.15) is 2.74 Å². The van der Waals surface area contributed by atoms with Gasteiger partial charge in [0, 0.05) is 16.2 Å². The Morgan fingerprint density at radius 1 is 1.75 bits per heavy atom. The van der Waals surface area contributed by atoms with E-state index in [1.54, 1.807) is 0 Å².